The molecule has 0 bridgehead atoms. The van der Waals surface area contributed by atoms with Gasteiger partial charge in [-0.2, -0.15) is 0 Å². The van der Waals surface area contributed by atoms with Gasteiger partial charge in [-0.1, -0.05) is 289 Å². The summed E-state index contributed by atoms with van der Waals surface area (Å²) in [5.74, 6) is -0.175. The largest absolute Gasteiger partial charge is 0.394 e. The Bertz CT molecular complexity index is 1080. The van der Waals surface area contributed by atoms with Gasteiger partial charge in [-0.15, -0.1) is 0 Å². The van der Waals surface area contributed by atoms with Gasteiger partial charge in [0.05, 0.1) is 25.4 Å². The van der Waals surface area contributed by atoms with Gasteiger partial charge in [-0.05, 0) is 19.3 Å². The van der Waals surface area contributed by atoms with Crippen LogP contribution in [-0.2, 0) is 14.3 Å². The number of ether oxygens (including phenoxy) is 2. The van der Waals surface area contributed by atoms with E-state index in [1.54, 1.807) is 6.08 Å². The zero-order valence-electron chi connectivity index (χ0n) is 44.9. The molecule has 9 nitrogen and oxygen atoms in total. The maximum atomic E-state index is 12.9. The summed E-state index contributed by atoms with van der Waals surface area (Å²) < 4.78 is 11.2. The second kappa shape index (κ2) is 49.5. The Morgan fingerprint density at radius 2 is 0.809 bits per heavy atom. The summed E-state index contributed by atoms with van der Waals surface area (Å²) in [6, 6.07) is -0.797. The minimum Gasteiger partial charge on any atom is -0.394 e. The minimum absolute atomic E-state index is 0.175. The van der Waals surface area contributed by atoms with Gasteiger partial charge in [-0.25, -0.2) is 0 Å². The van der Waals surface area contributed by atoms with Crippen molar-refractivity contribution in [2.75, 3.05) is 13.2 Å². The van der Waals surface area contributed by atoms with Crippen LogP contribution in [0.15, 0.2) is 12.2 Å². The fourth-order valence-electron chi connectivity index (χ4n) is 9.87. The lowest BCUT2D eigenvalue weighted by molar-refractivity contribution is -0.302. The Kier molecular flexibility index (Phi) is 47.3. The number of aliphatic hydroxyl groups is 5. The molecule has 68 heavy (non-hydrogen) atoms. The predicted molar refractivity (Wildman–Crippen MR) is 286 cm³/mol. The molecule has 0 spiro atoms. The molecule has 0 aliphatic carbocycles. The van der Waals surface area contributed by atoms with Crippen molar-refractivity contribution >= 4 is 5.91 Å². The minimum atomic E-state index is -1.56. The first kappa shape index (κ1) is 64.9. The number of nitrogens with one attached hydrogen (secondary N) is 1. The summed E-state index contributed by atoms with van der Waals surface area (Å²) in [4.78, 5) is 12.9. The lowest BCUT2D eigenvalue weighted by Crippen LogP contribution is -2.60. The molecule has 0 radical (unpaired) electrons. The molecule has 7 unspecified atom stereocenters. The van der Waals surface area contributed by atoms with E-state index in [4.69, 9.17) is 9.47 Å². The van der Waals surface area contributed by atoms with E-state index < -0.39 is 49.5 Å². The molecule has 0 aromatic carbocycles. The third-order valence-corrected chi connectivity index (χ3v) is 14.6. The van der Waals surface area contributed by atoms with Crippen molar-refractivity contribution in [3.63, 3.8) is 0 Å². The first-order valence-electron chi connectivity index (χ1n) is 29.9. The lowest BCUT2D eigenvalue weighted by atomic mass is 9.99. The van der Waals surface area contributed by atoms with Crippen LogP contribution in [0.3, 0.4) is 0 Å². The van der Waals surface area contributed by atoms with Crippen molar-refractivity contribution in [1.82, 2.24) is 5.32 Å². The molecule has 1 heterocycles. The summed E-state index contributed by atoms with van der Waals surface area (Å²) in [6.07, 6.45) is 55.1. The van der Waals surface area contributed by atoms with Crippen molar-refractivity contribution in [3.8, 4) is 0 Å². The van der Waals surface area contributed by atoms with E-state index >= 15 is 0 Å². The number of rotatable bonds is 52. The molecule has 1 amide bonds. The normalized spacial score (nSPS) is 19.5. The Morgan fingerprint density at radius 1 is 0.485 bits per heavy atom. The fourth-order valence-corrected chi connectivity index (χ4v) is 9.87. The molecule has 6 N–H and O–H groups in total. The number of aliphatic hydroxyl groups excluding tert-OH is 5. The van der Waals surface area contributed by atoms with Gasteiger partial charge < -0.3 is 40.3 Å². The van der Waals surface area contributed by atoms with Gasteiger partial charge in [0.25, 0.3) is 0 Å². The Balaban J connectivity index is 1.94. The van der Waals surface area contributed by atoms with Crippen LogP contribution in [0.25, 0.3) is 0 Å². The van der Waals surface area contributed by atoms with E-state index in [0.717, 1.165) is 38.5 Å². The van der Waals surface area contributed by atoms with Crippen LogP contribution < -0.4 is 5.32 Å². The first-order valence-corrected chi connectivity index (χ1v) is 29.9. The van der Waals surface area contributed by atoms with Crippen LogP contribution in [0.1, 0.15) is 303 Å². The van der Waals surface area contributed by atoms with Crippen molar-refractivity contribution in [3.05, 3.63) is 12.2 Å². The molecule has 0 saturated carbocycles. The first-order chi connectivity index (χ1) is 33.3. The molecule has 9 heteroatoms. The molecule has 1 fully saturated rings. The number of carbonyl (C=O) groups excluding carboxylic acids is 1. The van der Waals surface area contributed by atoms with Crippen molar-refractivity contribution < 1.29 is 39.8 Å². The van der Waals surface area contributed by atoms with Crippen LogP contribution in [0, 0.1) is 0 Å². The number of allylic oxidation sites excluding steroid dienone is 1. The quantitative estimate of drug-likeness (QED) is 0.0261. The Hall–Kier alpha value is -1.07. The average Bonchev–Trinajstić information content (AvgIpc) is 3.34. The number of amides is 1. The summed E-state index contributed by atoms with van der Waals surface area (Å²) in [5.41, 5.74) is 0. The lowest BCUT2D eigenvalue weighted by Gasteiger charge is -2.40. The molecule has 1 aliphatic heterocycles. The monoisotopic (exact) mass is 966 g/mol. The summed E-state index contributed by atoms with van der Waals surface area (Å²) in [6.45, 7) is 3.74. The van der Waals surface area contributed by atoms with Crippen molar-refractivity contribution in [2.24, 2.45) is 0 Å². The van der Waals surface area contributed by atoms with Gasteiger partial charge in [0.1, 0.15) is 24.4 Å². The highest BCUT2D eigenvalue weighted by Crippen LogP contribution is 2.23. The third-order valence-electron chi connectivity index (χ3n) is 14.6. The third kappa shape index (κ3) is 38.6. The van der Waals surface area contributed by atoms with E-state index in [9.17, 15) is 30.3 Å². The molecular formula is C59H115NO8. The average molecular weight is 967 g/mol. The molecule has 404 valence electrons. The zero-order chi connectivity index (χ0) is 49.4. The van der Waals surface area contributed by atoms with Crippen LogP contribution in [-0.4, -0.2) is 87.5 Å². The molecule has 1 rings (SSSR count). The van der Waals surface area contributed by atoms with E-state index in [1.807, 2.05) is 6.08 Å². The molecular weight excluding hydrogens is 851 g/mol. The van der Waals surface area contributed by atoms with Crippen molar-refractivity contribution in [2.45, 2.75) is 346 Å². The van der Waals surface area contributed by atoms with Crippen LogP contribution >= 0.6 is 0 Å². The van der Waals surface area contributed by atoms with E-state index in [0.29, 0.717) is 6.42 Å². The maximum absolute atomic E-state index is 12.9. The Morgan fingerprint density at radius 3 is 1.15 bits per heavy atom. The number of unbranched alkanes of at least 4 members (excludes halogenated alkanes) is 42. The zero-order valence-corrected chi connectivity index (χ0v) is 44.9. The fraction of sp³-hybridized carbons (Fsp3) is 0.949. The number of hydrogen-bond donors (Lipinski definition) is 6. The molecule has 1 aliphatic rings. The van der Waals surface area contributed by atoms with Crippen LogP contribution in [0.5, 0.6) is 0 Å². The topological polar surface area (TPSA) is 149 Å². The summed E-state index contributed by atoms with van der Waals surface area (Å²) in [5, 5.41) is 54.0. The highest BCUT2D eigenvalue weighted by atomic mass is 16.7. The van der Waals surface area contributed by atoms with E-state index in [1.165, 1.54) is 244 Å². The van der Waals surface area contributed by atoms with Gasteiger partial charge in [0.2, 0.25) is 5.91 Å². The molecule has 1 saturated heterocycles. The SMILES string of the molecule is CCCCCCC/C=C/C(O)C(COC1OC(CO)C(O)C(O)C1O)NC(=O)CCCCCCCCCCCCCCCCCCCCCCCCCCCCCCCCCCCCCCCC. The van der Waals surface area contributed by atoms with Gasteiger partial charge in [0.15, 0.2) is 6.29 Å². The Labute approximate surface area is 420 Å². The number of hydrogen-bond acceptors (Lipinski definition) is 8. The van der Waals surface area contributed by atoms with Crippen LogP contribution in [0.4, 0.5) is 0 Å². The number of carbonyl (C=O) groups is 1. The smallest absolute Gasteiger partial charge is 0.220 e. The van der Waals surface area contributed by atoms with Crippen molar-refractivity contribution in [1.29, 1.82) is 0 Å². The summed E-state index contributed by atoms with van der Waals surface area (Å²) >= 11 is 0. The van der Waals surface area contributed by atoms with Gasteiger partial charge >= 0.3 is 0 Å². The second-order valence-electron chi connectivity index (χ2n) is 21.2. The van der Waals surface area contributed by atoms with E-state index in [2.05, 4.69) is 19.2 Å². The standard InChI is InChI=1S/C59H115NO8/c1-3-5-7-9-11-12-13-14-15-16-17-18-19-20-21-22-23-24-25-26-27-28-29-30-31-32-33-34-35-36-37-38-39-40-41-43-45-47-49-55(63)60-52(53(62)48-46-44-42-10-8-6-4-2)51-67-59-58(66)57(65)56(64)54(50-61)68-59/h46,48,52-54,56-59,61-62,64-66H,3-45,47,49-51H2,1-2H3,(H,60,63)/b48-46+. The van der Waals surface area contributed by atoms with Gasteiger partial charge in [-0.3, -0.25) is 4.79 Å². The molecule has 0 aromatic heterocycles. The highest BCUT2D eigenvalue weighted by Gasteiger charge is 2.44. The second-order valence-corrected chi connectivity index (χ2v) is 21.2. The van der Waals surface area contributed by atoms with Crippen LogP contribution in [0.2, 0.25) is 0 Å². The van der Waals surface area contributed by atoms with Gasteiger partial charge in [0, 0.05) is 6.42 Å². The molecule has 0 aromatic rings. The van der Waals surface area contributed by atoms with E-state index in [-0.39, 0.29) is 12.5 Å². The highest BCUT2D eigenvalue weighted by molar-refractivity contribution is 5.76. The maximum Gasteiger partial charge on any atom is 0.220 e. The molecule has 7 atom stereocenters. The summed E-state index contributed by atoms with van der Waals surface area (Å²) in [7, 11) is 0. The predicted octanol–water partition coefficient (Wildman–Crippen LogP) is 14.8.